The SMILES string of the molecule is O=[N+]([O-])c1ccc(Oc2ccncn2)c(F)c1. The number of nitro groups is 1. The molecule has 0 spiro atoms. The molecular formula is C10H6FN3O3. The maximum atomic E-state index is 13.4. The monoisotopic (exact) mass is 235 g/mol. The molecular weight excluding hydrogens is 229 g/mol. The Kier molecular flexibility index (Phi) is 2.91. The molecule has 0 aliphatic heterocycles. The molecule has 7 heteroatoms. The molecule has 86 valence electrons. The first kappa shape index (κ1) is 10.9. The van der Waals surface area contributed by atoms with Crippen molar-refractivity contribution < 1.29 is 14.1 Å². The first-order valence-electron chi connectivity index (χ1n) is 4.54. The molecule has 2 rings (SSSR count). The second-order valence-corrected chi connectivity index (χ2v) is 3.02. The zero-order valence-corrected chi connectivity index (χ0v) is 8.41. The molecule has 0 radical (unpaired) electrons. The lowest BCUT2D eigenvalue weighted by Gasteiger charge is -2.04. The smallest absolute Gasteiger partial charge is 0.272 e. The van der Waals surface area contributed by atoms with Gasteiger partial charge in [-0.1, -0.05) is 0 Å². The normalized spacial score (nSPS) is 9.94. The van der Waals surface area contributed by atoms with E-state index in [1.165, 1.54) is 24.7 Å². The molecule has 6 nitrogen and oxygen atoms in total. The lowest BCUT2D eigenvalue weighted by Crippen LogP contribution is -1.93. The highest BCUT2D eigenvalue weighted by Gasteiger charge is 2.12. The number of hydrogen-bond acceptors (Lipinski definition) is 5. The summed E-state index contributed by atoms with van der Waals surface area (Å²) in [7, 11) is 0. The zero-order chi connectivity index (χ0) is 12.3. The van der Waals surface area contributed by atoms with Crippen molar-refractivity contribution in [2.45, 2.75) is 0 Å². The summed E-state index contributed by atoms with van der Waals surface area (Å²) in [6.07, 6.45) is 2.68. The first-order valence-corrected chi connectivity index (χ1v) is 4.54. The zero-order valence-electron chi connectivity index (χ0n) is 8.41. The van der Waals surface area contributed by atoms with Crippen molar-refractivity contribution >= 4 is 5.69 Å². The molecule has 0 aliphatic rings. The third kappa shape index (κ3) is 2.51. The Morgan fingerprint density at radius 3 is 2.76 bits per heavy atom. The van der Waals surface area contributed by atoms with Crippen LogP contribution in [0.25, 0.3) is 0 Å². The molecule has 2 aromatic rings. The highest BCUT2D eigenvalue weighted by molar-refractivity contribution is 5.38. The van der Waals surface area contributed by atoms with E-state index in [1.807, 2.05) is 0 Å². The quantitative estimate of drug-likeness (QED) is 0.602. The van der Waals surface area contributed by atoms with E-state index in [-0.39, 0.29) is 17.3 Å². The van der Waals surface area contributed by atoms with Crippen LogP contribution in [0, 0.1) is 15.9 Å². The number of halogens is 1. The molecule has 0 aliphatic carbocycles. The summed E-state index contributed by atoms with van der Waals surface area (Å²) < 4.78 is 18.5. The van der Waals surface area contributed by atoms with Gasteiger partial charge in [0.1, 0.15) is 6.33 Å². The van der Waals surface area contributed by atoms with Gasteiger partial charge in [0, 0.05) is 18.3 Å². The molecule has 1 aromatic carbocycles. The van der Waals surface area contributed by atoms with E-state index in [0.29, 0.717) is 0 Å². The van der Waals surface area contributed by atoms with Gasteiger partial charge >= 0.3 is 0 Å². The van der Waals surface area contributed by atoms with Crippen LogP contribution in [-0.4, -0.2) is 14.9 Å². The molecule has 0 fully saturated rings. The molecule has 0 saturated heterocycles. The Morgan fingerprint density at radius 1 is 1.35 bits per heavy atom. The third-order valence-corrected chi connectivity index (χ3v) is 1.90. The van der Waals surface area contributed by atoms with Crippen molar-refractivity contribution in [1.29, 1.82) is 0 Å². The fraction of sp³-hybridized carbons (Fsp3) is 0. The Labute approximate surface area is 94.9 Å². The molecule has 0 unspecified atom stereocenters. The summed E-state index contributed by atoms with van der Waals surface area (Å²) in [5, 5.41) is 10.4. The van der Waals surface area contributed by atoms with Gasteiger partial charge in [-0.25, -0.2) is 14.4 Å². The van der Waals surface area contributed by atoms with Gasteiger partial charge in [-0.3, -0.25) is 10.1 Å². The first-order chi connectivity index (χ1) is 8.16. The summed E-state index contributed by atoms with van der Waals surface area (Å²) in [6, 6.07) is 4.56. The minimum Gasteiger partial charge on any atom is -0.436 e. The average molecular weight is 235 g/mol. The van der Waals surface area contributed by atoms with Crippen LogP contribution in [0.4, 0.5) is 10.1 Å². The Balaban J connectivity index is 2.26. The molecule has 0 bridgehead atoms. The van der Waals surface area contributed by atoms with Crippen molar-refractivity contribution in [2.75, 3.05) is 0 Å². The van der Waals surface area contributed by atoms with E-state index in [4.69, 9.17) is 4.74 Å². The van der Waals surface area contributed by atoms with Crippen LogP contribution in [0.2, 0.25) is 0 Å². The van der Waals surface area contributed by atoms with E-state index < -0.39 is 10.7 Å². The summed E-state index contributed by atoms with van der Waals surface area (Å²) >= 11 is 0. The number of aromatic nitrogens is 2. The van der Waals surface area contributed by atoms with Gasteiger partial charge in [-0.05, 0) is 6.07 Å². The van der Waals surface area contributed by atoms with Gasteiger partial charge in [0.05, 0.1) is 11.0 Å². The number of benzene rings is 1. The van der Waals surface area contributed by atoms with Crippen LogP contribution in [-0.2, 0) is 0 Å². The third-order valence-electron chi connectivity index (χ3n) is 1.90. The fourth-order valence-electron chi connectivity index (χ4n) is 1.14. The minimum atomic E-state index is -0.821. The van der Waals surface area contributed by atoms with Crippen LogP contribution in [0.1, 0.15) is 0 Å². The second kappa shape index (κ2) is 4.52. The lowest BCUT2D eigenvalue weighted by molar-refractivity contribution is -0.385. The average Bonchev–Trinajstić information content (AvgIpc) is 2.33. The number of nitrogens with zero attached hydrogens (tertiary/aromatic N) is 3. The fourth-order valence-corrected chi connectivity index (χ4v) is 1.14. The van der Waals surface area contributed by atoms with Gasteiger partial charge in [0.2, 0.25) is 5.88 Å². The summed E-state index contributed by atoms with van der Waals surface area (Å²) in [6.45, 7) is 0. The van der Waals surface area contributed by atoms with Crippen LogP contribution in [0.5, 0.6) is 11.6 Å². The Bertz CT molecular complexity index is 548. The van der Waals surface area contributed by atoms with Gasteiger partial charge in [-0.2, -0.15) is 0 Å². The molecule has 0 N–H and O–H groups in total. The van der Waals surface area contributed by atoms with Crippen LogP contribution >= 0.6 is 0 Å². The molecule has 17 heavy (non-hydrogen) atoms. The molecule has 0 atom stereocenters. The number of hydrogen-bond donors (Lipinski definition) is 0. The summed E-state index contributed by atoms with van der Waals surface area (Å²) in [5.74, 6) is -0.792. The molecule has 0 saturated carbocycles. The van der Waals surface area contributed by atoms with E-state index in [1.54, 1.807) is 0 Å². The minimum absolute atomic E-state index is 0.130. The summed E-state index contributed by atoms with van der Waals surface area (Å²) in [5.41, 5.74) is -0.336. The maximum absolute atomic E-state index is 13.4. The van der Waals surface area contributed by atoms with Gasteiger partial charge < -0.3 is 4.74 Å². The predicted molar refractivity (Wildman–Crippen MR) is 55.2 cm³/mol. The van der Waals surface area contributed by atoms with Crippen molar-refractivity contribution in [3.8, 4) is 11.6 Å². The summed E-state index contributed by atoms with van der Waals surface area (Å²) in [4.78, 5) is 17.1. The number of ether oxygens (including phenoxy) is 1. The largest absolute Gasteiger partial charge is 0.436 e. The van der Waals surface area contributed by atoms with Crippen molar-refractivity contribution in [2.24, 2.45) is 0 Å². The van der Waals surface area contributed by atoms with Gasteiger partial charge in [-0.15, -0.1) is 0 Å². The van der Waals surface area contributed by atoms with Crippen molar-refractivity contribution in [3.05, 3.63) is 52.7 Å². The maximum Gasteiger partial charge on any atom is 0.272 e. The van der Waals surface area contributed by atoms with Crippen molar-refractivity contribution in [3.63, 3.8) is 0 Å². The number of nitro benzene ring substituents is 1. The topological polar surface area (TPSA) is 78.2 Å². The van der Waals surface area contributed by atoms with Gasteiger partial charge in [0.15, 0.2) is 11.6 Å². The number of rotatable bonds is 3. The molecule has 1 aromatic heterocycles. The van der Waals surface area contributed by atoms with Crippen LogP contribution < -0.4 is 4.74 Å². The van der Waals surface area contributed by atoms with Gasteiger partial charge in [0.25, 0.3) is 5.69 Å². The van der Waals surface area contributed by atoms with E-state index in [2.05, 4.69) is 9.97 Å². The Morgan fingerprint density at radius 2 is 2.18 bits per heavy atom. The van der Waals surface area contributed by atoms with E-state index in [9.17, 15) is 14.5 Å². The second-order valence-electron chi connectivity index (χ2n) is 3.02. The van der Waals surface area contributed by atoms with Crippen molar-refractivity contribution in [1.82, 2.24) is 9.97 Å². The lowest BCUT2D eigenvalue weighted by atomic mass is 10.3. The van der Waals surface area contributed by atoms with E-state index >= 15 is 0 Å². The van der Waals surface area contributed by atoms with Crippen LogP contribution in [0.15, 0.2) is 36.8 Å². The van der Waals surface area contributed by atoms with E-state index in [0.717, 1.165) is 12.1 Å². The highest BCUT2D eigenvalue weighted by Crippen LogP contribution is 2.25. The highest BCUT2D eigenvalue weighted by atomic mass is 19.1. The molecule has 0 amide bonds. The predicted octanol–water partition coefficient (Wildman–Crippen LogP) is 2.32. The molecule has 1 heterocycles. The Hall–Kier alpha value is -2.57. The van der Waals surface area contributed by atoms with Crippen LogP contribution in [0.3, 0.4) is 0 Å². The standard InChI is InChI=1S/C10H6FN3O3/c11-8-5-7(14(15)16)1-2-9(8)17-10-3-4-12-6-13-10/h1-6H. The number of non-ortho nitro benzene ring substituents is 1.